The van der Waals surface area contributed by atoms with E-state index in [9.17, 15) is 14.0 Å². The van der Waals surface area contributed by atoms with E-state index in [1.807, 2.05) is 0 Å². The van der Waals surface area contributed by atoms with Crippen molar-refractivity contribution in [1.82, 2.24) is 10.3 Å². The highest BCUT2D eigenvalue weighted by molar-refractivity contribution is 5.94. The third-order valence-electron chi connectivity index (χ3n) is 4.15. The number of carbonyl (C=O) groups is 1. The Kier molecular flexibility index (Phi) is 4.76. The average Bonchev–Trinajstić information content (AvgIpc) is 3.07. The van der Waals surface area contributed by atoms with E-state index in [2.05, 4.69) is 10.3 Å². The van der Waals surface area contributed by atoms with Crippen LogP contribution < -0.4 is 10.9 Å². The molecule has 1 aromatic carbocycles. The number of amides is 1. The summed E-state index contributed by atoms with van der Waals surface area (Å²) in [5, 5.41) is 2.86. The fourth-order valence-electron chi connectivity index (χ4n) is 2.90. The molecule has 1 aromatic heterocycles. The van der Waals surface area contributed by atoms with Gasteiger partial charge in [0, 0.05) is 12.3 Å². The highest BCUT2D eigenvalue weighted by Gasteiger charge is 2.29. The van der Waals surface area contributed by atoms with Crippen molar-refractivity contribution in [1.29, 1.82) is 0 Å². The smallest absolute Gasteiger partial charge is 0.260 e. The van der Waals surface area contributed by atoms with E-state index in [1.165, 1.54) is 18.2 Å². The minimum absolute atomic E-state index is 0.0470. The molecule has 1 aliphatic heterocycles. The van der Waals surface area contributed by atoms with Crippen LogP contribution in [-0.4, -0.2) is 23.6 Å². The first kappa shape index (κ1) is 16.4. The van der Waals surface area contributed by atoms with Gasteiger partial charge < -0.3 is 15.0 Å². The summed E-state index contributed by atoms with van der Waals surface area (Å²) in [6.07, 6.45) is 1.51. The maximum atomic E-state index is 13.2. The first-order valence-corrected chi connectivity index (χ1v) is 7.92. The highest BCUT2D eigenvalue weighted by atomic mass is 19.1. The number of aryl methyl sites for hydroxylation is 1. The number of rotatable bonds is 4. The Morgan fingerprint density at radius 2 is 2.04 bits per heavy atom. The van der Waals surface area contributed by atoms with Crippen molar-refractivity contribution >= 4 is 5.91 Å². The van der Waals surface area contributed by atoms with Crippen LogP contribution >= 0.6 is 0 Å². The molecule has 6 heteroatoms. The highest BCUT2D eigenvalue weighted by Crippen LogP contribution is 2.27. The summed E-state index contributed by atoms with van der Waals surface area (Å²) < 4.78 is 18.9. The van der Waals surface area contributed by atoms with Crippen molar-refractivity contribution in [3.8, 4) is 0 Å². The number of ether oxygens (including phenoxy) is 1. The Bertz CT molecular complexity index is 780. The Balaban J connectivity index is 1.87. The molecule has 3 rings (SSSR count). The number of carbonyl (C=O) groups excluding carboxylic acids is 1. The van der Waals surface area contributed by atoms with Gasteiger partial charge >= 0.3 is 0 Å². The van der Waals surface area contributed by atoms with Gasteiger partial charge in [0.2, 0.25) is 0 Å². The molecule has 2 heterocycles. The fraction of sp³-hybridized carbons (Fsp3) is 0.333. The molecule has 2 aromatic rings. The van der Waals surface area contributed by atoms with Gasteiger partial charge in [-0.25, -0.2) is 4.39 Å². The summed E-state index contributed by atoms with van der Waals surface area (Å²) in [4.78, 5) is 27.1. The number of hydrogen-bond acceptors (Lipinski definition) is 3. The zero-order valence-corrected chi connectivity index (χ0v) is 13.3. The molecule has 1 aliphatic rings. The van der Waals surface area contributed by atoms with Crippen LogP contribution in [0.3, 0.4) is 0 Å². The predicted octanol–water partition coefficient (Wildman–Crippen LogP) is 2.47. The van der Waals surface area contributed by atoms with Crippen LogP contribution in [0.1, 0.15) is 40.5 Å². The van der Waals surface area contributed by atoms with Gasteiger partial charge in [-0.2, -0.15) is 0 Å². The van der Waals surface area contributed by atoms with E-state index < -0.39 is 17.5 Å². The Morgan fingerprint density at radius 3 is 2.67 bits per heavy atom. The number of aromatic nitrogens is 1. The number of H-pyrrole nitrogens is 1. The fourth-order valence-corrected chi connectivity index (χ4v) is 2.90. The average molecular weight is 330 g/mol. The lowest BCUT2D eigenvalue weighted by Crippen LogP contribution is -2.38. The lowest BCUT2D eigenvalue weighted by Gasteiger charge is -2.24. The standard InChI is InChI=1S/C18H19FN2O3/c1-11-4-9-14(17(22)20-11)18(23)21-16(15-3-2-10-24-15)12-5-7-13(19)8-6-12/h4-9,15-16H,2-3,10H2,1H3,(H,20,22)(H,21,23)/t15-,16+/m0/s1. The number of hydrogen-bond donors (Lipinski definition) is 2. The molecular formula is C18H19FN2O3. The molecule has 1 amide bonds. The Morgan fingerprint density at radius 1 is 1.29 bits per heavy atom. The second-order valence-corrected chi connectivity index (χ2v) is 5.94. The largest absolute Gasteiger partial charge is 0.376 e. The van der Waals surface area contributed by atoms with Gasteiger partial charge in [0.1, 0.15) is 11.4 Å². The van der Waals surface area contributed by atoms with E-state index in [0.29, 0.717) is 12.3 Å². The molecule has 0 spiro atoms. The molecule has 2 atom stereocenters. The van der Waals surface area contributed by atoms with Gasteiger partial charge in [-0.05, 0) is 49.6 Å². The van der Waals surface area contributed by atoms with Crippen molar-refractivity contribution in [3.05, 3.63) is 69.4 Å². The molecule has 2 N–H and O–H groups in total. The molecule has 5 nitrogen and oxygen atoms in total. The summed E-state index contributed by atoms with van der Waals surface area (Å²) in [6.45, 7) is 2.38. The number of halogens is 1. The number of pyridine rings is 1. The van der Waals surface area contributed by atoms with Crippen molar-refractivity contribution in [2.75, 3.05) is 6.61 Å². The van der Waals surface area contributed by atoms with E-state index in [0.717, 1.165) is 18.4 Å². The van der Waals surface area contributed by atoms with E-state index >= 15 is 0 Å². The second-order valence-electron chi connectivity index (χ2n) is 5.94. The van der Waals surface area contributed by atoms with Gasteiger partial charge in [-0.3, -0.25) is 9.59 Å². The van der Waals surface area contributed by atoms with E-state index in [4.69, 9.17) is 4.74 Å². The normalized spacial score (nSPS) is 18.3. The minimum Gasteiger partial charge on any atom is -0.376 e. The second kappa shape index (κ2) is 6.97. The van der Waals surface area contributed by atoms with Crippen molar-refractivity contribution in [2.24, 2.45) is 0 Å². The first-order chi connectivity index (χ1) is 11.5. The van der Waals surface area contributed by atoms with E-state index in [-0.39, 0.29) is 17.5 Å². The number of nitrogens with one attached hydrogen (secondary N) is 2. The summed E-state index contributed by atoms with van der Waals surface area (Å²) in [7, 11) is 0. The summed E-state index contributed by atoms with van der Waals surface area (Å²) >= 11 is 0. The van der Waals surface area contributed by atoms with Gasteiger partial charge in [-0.15, -0.1) is 0 Å². The van der Waals surface area contributed by atoms with Crippen LogP contribution in [0.5, 0.6) is 0 Å². The third kappa shape index (κ3) is 3.54. The summed E-state index contributed by atoms with van der Waals surface area (Å²) in [6, 6.07) is 8.70. The quantitative estimate of drug-likeness (QED) is 0.905. The zero-order valence-electron chi connectivity index (χ0n) is 13.3. The third-order valence-corrected chi connectivity index (χ3v) is 4.15. The van der Waals surface area contributed by atoms with Crippen LogP contribution in [0.25, 0.3) is 0 Å². The Labute approximate surface area is 138 Å². The van der Waals surface area contributed by atoms with Crippen molar-refractivity contribution in [2.45, 2.75) is 31.9 Å². The van der Waals surface area contributed by atoms with Crippen LogP contribution in [0, 0.1) is 12.7 Å². The van der Waals surface area contributed by atoms with Gasteiger partial charge in [0.25, 0.3) is 11.5 Å². The van der Waals surface area contributed by atoms with Gasteiger partial charge in [0.15, 0.2) is 0 Å². The zero-order chi connectivity index (χ0) is 17.1. The molecule has 1 fully saturated rings. The molecule has 0 unspecified atom stereocenters. The molecule has 1 saturated heterocycles. The maximum absolute atomic E-state index is 13.2. The van der Waals surface area contributed by atoms with Crippen LogP contribution in [0.4, 0.5) is 4.39 Å². The topological polar surface area (TPSA) is 71.2 Å². The molecule has 0 radical (unpaired) electrons. The Hall–Kier alpha value is -2.47. The lowest BCUT2D eigenvalue weighted by atomic mass is 9.98. The predicted molar refractivity (Wildman–Crippen MR) is 87.4 cm³/mol. The van der Waals surface area contributed by atoms with E-state index in [1.54, 1.807) is 25.1 Å². The van der Waals surface area contributed by atoms with Crippen LogP contribution in [0.15, 0.2) is 41.2 Å². The number of aromatic amines is 1. The monoisotopic (exact) mass is 330 g/mol. The first-order valence-electron chi connectivity index (χ1n) is 7.92. The molecule has 0 saturated carbocycles. The minimum atomic E-state index is -0.471. The number of benzene rings is 1. The summed E-state index contributed by atoms with van der Waals surface area (Å²) in [5.41, 5.74) is 1.05. The summed E-state index contributed by atoms with van der Waals surface area (Å²) in [5.74, 6) is -0.813. The lowest BCUT2D eigenvalue weighted by molar-refractivity contribution is 0.0671. The molecule has 24 heavy (non-hydrogen) atoms. The van der Waals surface area contributed by atoms with Gasteiger partial charge in [-0.1, -0.05) is 12.1 Å². The van der Waals surface area contributed by atoms with Crippen LogP contribution in [-0.2, 0) is 4.74 Å². The molecule has 126 valence electrons. The molecular weight excluding hydrogens is 311 g/mol. The van der Waals surface area contributed by atoms with Gasteiger partial charge in [0.05, 0.1) is 12.1 Å². The van der Waals surface area contributed by atoms with Crippen molar-refractivity contribution < 1.29 is 13.9 Å². The SMILES string of the molecule is Cc1ccc(C(=O)N[C@H](c2ccc(F)cc2)[C@@H]2CCCO2)c(=O)[nH]1. The molecule has 0 bridgehead atoms. The van der Waals surface area contributed by atoms with Crippen molar-refractivity contribution in [3.63, 3.8) is 0 Å². The molecule has 0 aliphatic carbocycles. The van der Waals surface area contributed by atoms with Crippen LogP contribution in [0.2, 0.25) is 0 Å². The maximum Gasteiger partial charge on any atom is 0.260 e.